The van der Waals surface area contributed by atoms with E-state index in [9.17, 15) is 0 Å². The number of hydrogen-bond donors (Lipinski definition) is 1. The molecular formula is C29H60O4S. The Morgan fingerprint density at radius 1 is 0.382 bits per heavy atom. The Labute approximate surface area is 218 Å². The monoisotopic (exact) mass is 504 g/mol. The Morgan fingerprint density at radius 3 is 1.03 bits per heavy atom. The Balaban J connectivity index is 2.99. The van der Waals surface area contributed by atoms with E-state index in [1.54, 1.807) is 0 Å². The van der Waals surface area contributed by atoms with Gasteiger partial charge < -0.3 is 14.0 Å². The van der Waals surface area contributed by atoms with Gasteiger partial charge in [0.15, 0.2) is 12.3 Å². The van der Waals surface area contributed by atoms with Crippen LogP contribution in [0.25, 0.3) is 0 Å². The largest absolute Gasteiger partial charge is 0.379 e. The summed E-state index contributed by atoms with van der Waals surface area (Å²) in [5.41, 5.74) is 0. The topological polar surface area (TPSA) is 47.9 Å². The molecule has 0 amide bonds. The zero-order valence-corrected chi connectivity index (χ0v) is 23.7. The summed E-state index contributed by atoms with van der Waals surface area (Å²) in [6.45, 7) is 5.28. The second-order valence-electron chi connectivity index (χ2n) is 9.90. The Kier molecular flexibility index (Phi) is 33.4. The molecule has 0 saturated carbocycles. The fourth-order valence-electron chi connectivity index (χ4n) is 4.44. The highest BCUT2D eigenvalue weighted by Gasteiger charge is 1.96. The molecule has 0 bridgehead atoms. The van der Waals surface area contributed by atoms with E-state index in [4.69, 9.17) is 18.2 Å². The fourth-order valence-corrected chi connectivity index (χ4v) is 4.58. The predicted octanol–water partition coefficient (Wildman–Crippen LogP) is 10.1. The van der Waals surface area contributed by atoms with Crippen LogP contribution in [0.5, 0.6) is 0 Å². The molecule has 34 heavy (non-hydrogen) atoms. The maximum atomic E-state index is 8.39. The molecular weight excluding hydrogens is 444 g/mol. The van der Waals surface area contributed by atoms with Crippen LogP contribution in [0.2, 0.25) is 0 Å². The zero-order valence-electron chi connectivity index (χ0n) is 22.9. The lowest BCUT2D eigenvalue weighted by Crippen LogP contribution is -2.08. The van der Waals surface area contributed by atoms with Crippen molar-refractivity contribution in [3.63, 3.8) is 0 Å². The lowest BCUT2D eigenvalue weighted by molar-refractivity contribution is 0.0367. The predicted molar refractivity (Wildman–Crippen MR) is 150 cm³/mol. The molecule has 0 aliphatic rings. The molecule has 0 fully saturated rings. The molecule has 0 aliphatic carbocycles. The van der Waals surface area contributed by atoms with E-state index in [2.05, 4.69) is 6.92 Å². The number of ether oxygens (including phenoxy) is 2. The minimum absolute atomic E-state index is 0.385. The van der Waals surface area contributed by atoms with Gasteiger partial charge in [0.25, 0.3) is 0 Å². The first-order valence-corrected chi connectivity index (χ1v) is 15.7. The van der Waals surface area contributed by atoms with Gasteiger partial charge in [-0.25, -0.2) is 0 Å². The maximum Gasteiger partial charge on any atom is 0.155 e. The van der Waals surface area contributed by atoms with E-state index < -0.39 is 0 Å². The third-order valence-corrected chi connectivity index (χ3v) is 6.90. The van der Waals surface area contributed by atoms with Crippen LogP contribution in [0.4, 0.5) is 0 Å². The first-order valence-electron chi connectivity index (χ1n) is 15.0. The van der Waals surface area contributed by atoms with Gasteiger partial charge in [-0.2, -0.15) is 0 Å². The molecule has 0 spiro atoms. The molecule has 1 N–H and O–H groups in total. The molecule has 0 aromatic carbocycles. The van der Waals surface area contributed by atoms with Gasteiger partial charge in [-0.1, -0.05) is 148 Å². The van der Waals surface area contributed by atoms with Crippen molar-refractivity contribution in [2.45, 2.75) is 155 Å². The molecule has 0 unspecified atom stereocenters. The van der Waals surface area contributed by atoms with Gasteiger partial charge in [-0.3, -0.25) is 4.18 Å². The fraction of sp³-hybridized carbons (Fsp3) is 1.00. The molecule has 0 atom stereocenters. The van der Waals surface area contributed by atoms with Crippen LogP contribution in [-0.2, 0) is 13.7 Å². The van der Waals surface area contributed by atoms with Crippen LogP contribution >= 0.6 is 12.3 Å². The Morgan fingerprint density at radius 2 is 0.676 bits per heavy atom. The van der Waals surface area contributed by atoms with Crippen molar-refractivity contribution in [2.75, 3.05) is 33.0 Å². The van der Waals surface area contributed by atoms with Gasteiger partial charge in [0, 0.05) is 6.61 Å². The molecule has 0 heterocycles. The highest BCUT2D eigenvalue weighted by Crippen LogP contribution is 2.15. The average Bonchev–Trinajstić information content (AvgIpc) is 2.85. The van der Waals surface area contributed by atoms with Crippen molar-refractivity contribution < 1.29 is 18.2 Å². The highest BCUT2D eigenvalue weighted by atomic mass is 32.2. The van der Waals surface area contributed by atoms with Crippen LogP contribution in [0, 0.1) is 0 Å². The molecule has 0 aromatic heterocycles. The summed E-state index contributed by atoms with van der Waals surface area (Å²) >= 11 is 0.385. The van der Waals surface area contributed by atoms with Crippen molar-refractivity contribution in [1.82, 2.24) is 0 Å². The molecule has 0 radical (unpaired) electrons. The van der Waals surface area contributed by atoms with Crippen LogP contribution in [0.1, 0.15) is 155 Å². The van der Waals surface area contributed by atoms with E-state index in [0.29, 0.717) is 38.8 Å². The standard InChI is InChI=1S/C29H60O4S/c1-2-3-4-5-6-7-8-9-10-11-12-13-14-15-16-17-18-19-20-21-22-23-24-25-31-26-27-32-28-29-33-34-30/h30H,2-29H2,1H3. The smallest absolute Gasteiger partial charge is 0.155 e. The van der Waals surface area contributed by atoms with Crippen molar-refractivity contribution in [3.05, 3.63) is 0 Å². The Hall–Kier alpha value is 0.190. The van der Waals surface area contributed by atoms with E-state index >= 15 is 0 Å². The lowest BCUT2D eigenvalue weighted by atomic mass is 10.0. The SMILES string of the molecule is CCCCCCCCCCCCCCCCCCCCCCCCCOCCOCCOSO. The molecule has 206 valence electrons. The molecule has 0 aliphatic heterocycles. The van der Waals surface area contributed by atoms with Gasteiger partial charge in [0.1, 0.15) is 0 Å². The third kappa shape index (κ3) is 32.2. The minimum atomic E-state index is 0.385. The average molecular weight is 505 g/mol. The van der Waals surface area contributed by atoms with Crippen LogP contribution in [-0.4, -0.2) is 37.6 Å². The van der Waals surface area contributed by atoms with Crippen molar-refractivity contribution in [1.29, 1.82) is 0 Å². The van der Waals surface area contributed by atoms with Crippen molar-refractivity contribution in [3.8, 4) is 0 Å². The normalized spacial score (nSPS) is 11.5. The van der Waals surface area contributed by atoms with E-state index in [-0.39, 0.29) is 0 Å². The number of hydrogen-bond acceptors (Lipinski definition) is 5. The summed E-state index contributed by atoms with van der Waals surface area (Å²) in [5.74, 6) is 0. The number of rotatable bonds is 31. The first-order chi connectivity index (χ1) is 16.9. The second-order valence-corrected chi connectivity index (χ2v) is 10.3. The zero-order chi connectivity index (χ0) is 24.6. The van der Waals surface area contributed by atoms with Gasteiger partial charge in [-0.15, -0.1) is 0 Å². The van der Waals surface area contributed by atoms with E-state index in [1.807, 2.05) is 0 Å². The molecule has 0 aromatic rings. The second kappa shape index (κ2) is 33.2. The van der Waals surface area contributed by atoms with Gasteiger partial charge >= 0.3 is 0 Å². The van der Waals surface area contributed by atoms with Gasteiger partial charge in [-0.05, 0) is 6.42 Å². The molecule has 5 heteroatoms. The van der Waals surface area contributed by atoms with Crippen molar-refractivity contribution >= 4 is 12.3 Å². The summed E-state index contributed by atoms with van der Waals surface area (Å²) in [4.78, 5) is 0. The van der Waals surface area contributed by atoms with Gasteiger partial charge in [0.2, 0.25) is 0 Å². The van der Waals surface area contributed by atoms with Crippen LogP contribution in [0.15, 0.2) is 0 Å². The summed E-state index contributed by atoms with van der Waals surface area (Å²) in [6.07, 6.45) is 32.7. The quantitative estimate of drug-likeness (QED) is 0.0751. The molecule has 0 rings (SSSR count). The molecule has 4 nitrogen and oxygen atoms in total. The minimum Gasteiger partial charge on any atom is -0.379 e. The van der Waals surface area contributed by atoms with Gasteiger partial charge in [0.05, 0.1) is 26.4 Å². The third-order valence-electron chi connectivity index (χ3n) is 6.63. The summed E-state index contributed by atoms with van der Waals surface area (Å²) in [6, 6.07) is 0. The summed E-state index contributed by atoms with van der Waals surface area (Å²) in [7, 11) is 0. The van der Waals surface area contributed by atoms with E-state index in [0.717, 1.165) is 13.0 Å². The summed E-state index contributed by atoms with van der Waals surface area (Å²) in [5, 5.41) is 0. The summed E-state index contributed by atoms with van der Waals surface area (Å²) < 4.78 is 24.0. The van der Waals surface area contributed by atoms with E-state index in [1.165, 1.54) is 141 Å². The lowest BCUT2D eigenvalue weighted by Gasteiger charge is -2.06. The number of unbranched alkanes of at least 4 members (excludes halogenated alkanes) is 22. The van der Waals surface area contributed by atoms with Crippen molar-refractivity contribution in [2.24, 2.45) is 0 Å². The van der Waals surface area contributed by atoms with Crippen LogP contribution in [0.3, 0.4) is 0 Å². The maximum absolute atomic E-state index is 8.39. The Bertz CT molecular complexity index is 312. The highest BCUT2D eigenvalue weighted by molar-refractivity contribution is 7.88. The molecule has 0 saturated heterocycles. The first kappa shape index (κ1) is 34.2. The van der Waals surface area contributed by atoms with Crippen LogP contribution < -0.4 is 0 Å².